The molecule has 6 heteroatoms. The van der Waals surface area contributed by atoms with Gasteiger partial charge in [-0.05, 0) is 54.4 Å². The number of hydrogen-bond acceptors (Lipinski definition) is 5. The molecule has 0 bridgehead atoms. The van der Waals surface area contributed by atoms with Gasteiger partial charge >= 0.3 is 0 Å². The number of carbonyl (C=O) groups is 1. The molecule has 0 radical (unpaired) electrons. The third kappa shape index (κ3) is 6.24. The summed E-state index contributed by atoms with van der Waals surface area (Å²) in [5.41, 5.74) is 2.80. The number of hydrogen-bond donors (Lipinski definition) is 2. The summed E-state index contributed by atoms with van der Waals surface area (Å²) in [7, 11) is 1.63. The highest BCUT2D eigenvalue weighted by Gasteiger charge is 2.06. The van der Waals surface area contributed by atoms with Gasteiger partial charge in [0.15, 0.2) is 0 Å². The Morgan fingerprint density at radius 1 is 1.00 bits per heavy atom. The van der Waals surface area contributed by atoms with E-state index in [1.54, 1.807) is 13.3 Å². The summed E-state index contributed by atoms with van der Waals surface area (Å²) in [5, 5.41) is 6.07. The lowest BCUT2D eigenvalue weighted by molar-refractivity contribution is -0.115. The molecule has 0 saturated heterocycles. The van der Waals surface area contributed by atoms with E-state index >= 15 is 0 Å². The molecule has 0 aliphatic heterocycles. The quantitative estimate of drug-likeness (QED) is 0.538. The molecule has 0 atom stereocenters. The fraction of sp³-hybridized carbons (Fsp3) is 0.217. The first-order chi connectivity index (χ1) is 14.1. The van der Waals surface area contributed by atoms with Gasteiger partial charge in [0.05, 0.1) is 32.0 Å². The second-order valence-corrected chi connectivity index (χ2v) is 6.53. The lowest BCUT2D eigenvalue weighted by Gasteiger charge is -2.10. The molecule has 1 heterocycles. The van der Waals surface area contributed by atoms with Crippen LogP contribution in [0.2, 0.25) is 0 Å². The van der Waals surface area contributed by atoms with Gasteiger partial charge in [0.2, 0.25) is 5.91 Å². The first-order valence-corrected chi connectivity index (χ1v) is 9.45. The van der Waals surface area contributed by atoms with Crippen molar-refractivity contribution in [3.05, 3.63) is 78.0 Å². The number of aromatic nitrogens is 1. The molecule has 2 aromatic carbocycles. The predicted molar refractivity (Wildman–Crippen MR) is 115 cm³/mol. The standard InChI is InChI=1S/C23H25N3O3/c1-17-5-3-4-6-18(17)15-23(27)26-19-7-12-22(25-16-19)24-13-14-29-21-10-8-20(28-2)9-11-21/h3-12,16H,13-15H2,1-2H3,(H,24,25)(H,26,27). The van der Waals surface area contributed by atoms with Gasteiger partial charge in [0.25, 0.3) is 0 Å². The summed E-state index contributed by atoms with van der Waals surface area (Å²) in [4.78, 5) is 16.6. The summed E-state index contributed by atoms with van der Waals surface area (Å²) in [6.07, 6.45) is 1.98. The molecule has 1 aromatic heterocycles. The number of aryl methyl sites for hydroxylation is 1. The maximum absolute atomic E-state index is 12.2. The van der Waals surface area contributed by atoms with E-state index < -0.39 is 0 Å². The van der Waals surface area contributed by atoms with Crippen LogP contribution < -0.4 is 20.1 Å². The van der Waals surface area contributed by atoms with Crippen LogP contribution in [0.15, 0.2) is 66.9 Å². The number of nitrogens with zero attached hydrogens (tertiary/aromatic N) is 1. The van der Waals surface area contributed by atoms with Crippen LogP contribution >= 0.6 is 0 Å². The Hall–Kier alpha value is -3.54. The molecule has 0 aliphatic rings. The van der Waals surface area contributed by atoms with E-state index in [0.29, 0.717) is 25.3 Å². The fourth-order valence-corrected chi connectivity index (χ4v) is 2.78. The third-order valence-corrected chi connectivity index (χ3v) is 4.40. The van der Waals surface area contributed by atoms with E-state index in [9.17, 15) is 4.79 Å². The number of pyridine rings is 1. The smallest absolute Gasteiger partial charge is 0.228 e. The molecule has 150 valence electrons. The molecule has 29 heavy (non-hydrogen) atoms. The van der Waals surface area contributed by atoms with Crippen LogP contribution in [0.5, 0.6) is 11.5 Å². The fourth-order valence-electron chi connectivity index (χ4n) is 2.78. The number of carbonyl (C=O) groups excluding carboxylic acids is 1. The number of nitrogens with one attached hydrogen (secondary N) is 2. The second kappa shape index (κ2) is 10.1. The van der Waals surface area contributed by atoms with Crippen molar-refractivity contribution in [1.29, 1.82) is 0 Å². The van der Waals surface area contributed by atoms with Crippen molar-refractivity contribution < 1.29 is 14.3 Å². The Balaban J connectivity index is 1.41. The average molecular weight is 391 g/mol. The largest absolute Gasteiger partial charge is 0.497 e. The van der Waals surface area contributed by atoms with Crippen molar-refractivity contribution in [3.63, 3.8) is 0 Å². The SMILES string of the molecule is COc1ccc(OCCNc2ccc(NC(=O)Cc3ccccc3C)cn2)cc1. The number of ether oxygens (including phenoxy) is 2. The zero-order valence-corrected chi connectivity index (χ0v) is 16.6. The monoisotopic (exact) mass is 391 g/mol. The highest BCUT2D eigenvalue weighted by atomic mass is 16.5. The number of methoxy groups -OCH3 is 1. The van der Waals surface area contributed by atoms with Crippen LogP contribution in [0.3, 0.4) is 0 Å². The van der Waals surface area contributed by atoms with Gasteiger partial charge < -0.3 is 20.1 Å². The topological polar surface area (TPSA) is 72.5 Å². The molecule has 1 amide bonds. The van der Waals surface area contributed by atoms with Crippen LogP contribution in [0.1, 0.15) is 11.1 Å². The molecule has 6 nitrogen and oxygen atoms in total. The van der Waals surface area contributed by atoms with Gasteiger partial charge in [0, 0.05) is 0 Å². The lowest BCUT2D eigenvalue weighted by atomic mass is 10.1. The van der Waals surface area contributed by atoms with Gasteiger partial charge in [-0.15, -0.1) is 0 Å². The molecule has 0 aliphatic carbocycles. The van der Waals surface area contributed by atoms with Crippen molar-refractivity contribution in [2.24, 2.45) is 0 Å². The van der Waals surface area contributed by atoms with Crippen molar-refractivity contribution >= 4 is 17.4 Å². The first kappa shape index (κ1) is 20.2. The maximum Gasteiger partial charge on any atom is 0.228 e. The predicted octanol–water partition coefficient (Wildman–Crippen LogP) is 4.07. The average Bonchev–Trinajstić information content (AvgIpc) is 2.74. The molecule has 0 saturated carbocycles. The van der Waals surface area contributed by atoms with E-state index in [4.69, 9.17) is 9.47 Å². The molecule has 0 fully saturated rings. The highest BCUT2D eigenvalue weighted by molar-refractivity contribution is 5.92. The van der Waals surface area contributed by atoms with E-state index in [1.807, 2.05) is 67.6 Å². The van der Waals surface area contributed by atoms with E-state index in [-0.39, 0.29) is 5.91 Å². The number of benzene rings is 2. The molecule has 3 aromatic rings. The number of rotatable bonds is 9. The third-order valence-electron chi connectivity index (χ3n) is 4.40. The number of anilines is 2. The van der Waals surface area contributed by atoms with Gasteiger partial charge in [0.1, 0.15) is 23.9 Å². The normalized spacial score (nSPS) is 10.3. The minimum Gasteiger partial charge on any atom is -0.497 e. The van der Waals surface area contributed by atoms with Crippen LogP contribution in [-0.4, -0.2) is 31.2 Å². The minimum atomic E-state index is -0.0605. The van der Waals surface area contributed by atoms with Gasteiger partial charge in [-0.2, -0.15) is 0 Å². The van der Waals surface area contributed by atoms with Crippen molar-refractivity contribution in [3.8, 4) is 11.5 Å². The van der Waals surface area contributed by atoms with Crippen molar-refractivity contribution in [2.75, 3.05) is 30.9 Å². The van der Waals surface area contributed by atoms with Crippen molar-refractivity contribution in [2.45, 2.75) is 13.3 Å². The van der Waals surface area contributed by atoms with E-state index in [1.165, 1.54) is 0 Å². The van der Waals surface area contributed by atoms with Crippen LogP contribution in [0.25, 0.3) is 0 Å². The molecular weight excluding hydrogens is 366 g/mol. The maximum atomic E-state index is 12.2. The van der Waals surface area contributed by atoms with Crippen LogP contribution in [0.4, 0.5) is 11.5 Å². The summed E-state index contributed by atoms with van der Waals surface area (Å²) < 4.78 is 10.8. The summed E-state index contributed by atoms with van der Waals surface area (Å²) >= 11 is 0. The molecule has 0 spiro atoms. The lowest BCUT2D eigenvalue weighted by Crippen LogP contribution is -2.15. The zero-order chi connectivity index (χ0) is 20.5. The Bertz CT molecular complexity index is 925. The Morgan fingerprint density at radius 3 is 2.45 bits per heavy atom. The van der Waals surface area contributed by atoms with Gasteiger partial charge in [-0.1, -0.05) is 24.3 Å². The summed E-state index contributed by atoms with van der Waals surface area (Å²) in [6, 6.07) is 19.0. The molecule has 3 rings (SSSR count). The Morgan fingerprint density at radius 2 is 1.76 bits per heavy atom. The highest BCUT2D eigenvalue weighted by Crippen LogP contribution is 2.17. The zero-order valence-electron chi connectivity index (χ0n) is 16.6. The Labute approximate surface area is 170 Å². The Kier molecular flexibility index (Phi) is 7.05. The molecule has 0 unspecified atom stereocenters. The van der Waals surface area contributed by atoms with Gasteiger partial charge in [-0.25, -0.2) is 4.98 Å². The van der Waals surface area contributed by atoms with E-state index in [2.05, 4.69) is 15.6 Å². The second-order valence-electron chi connectivity index (χ2n) is 6.53. The summed E-state index contributed by atoms with van der Waals surface area (Å²) in [5.74, 6) is 2.24. The summed E-state index contributed by atoms with van der Waals surface area (Å²) in [6.45, 7) is 3.12. The minimum absolute atomic E-state index is 0.0605. The van der Waals surface area contributed by atoms with Crippen LogP contribution in [0, 0.1) is 6.92 Å². The van der Waals surface area contributed by atoms with Gasteiger partial charge in [-0.3, -0.25) is 4.79 Å². The molecular formula is C23H25N3O3. The van der Waals surface area contributed by atoms with Crippen LogP contribution in [-0.2, 0) is 11.2 Å². The number of amides is 1. The molecule has 2 N–H and O–H groups in total. The van der Waals surface area contributed by atoms with E-state index in [0.717, 1.165) is 28.4 Å². The first-order valence-electron chi connectivity index (χ1n) is 9.45. The van der Waals surface area contributed by atoms with Crippen molar-refractivity contribution in [1.82, 2.24) is 4.98 Å².